The number of aliphatic hydroxyl groups is 1. The van der Waals surface area contributed by atoms with Crippen molar-refractivity contribution in [3.63, 3.8) is 0 Å². The normalized spacial score (nSPS) is 17.8. The van der Waals surface area contributed by atoms with Crippen LogP contribution in [0, 0.1) is 0 Å². The van der Waals surface area contributed by atoms with Crippen molar-refractivity contribution in [2.24, 2.45) is 0 Å². The van der Waals surface area contributed by atoms with Gasteiger partial charge in [0.05, 0.1) is 12.6 Å². The number of nitrogens with one attached hydrogen (secondary N) is 1. The van der Waals surface area contributed by atoms with E-state index in [9.17, 15) is 9.90 Å². The van der Waals surface area contributed by atoms with E-state index in [4.69, 9.17) is 0 Å². The quantitative estimate of drug-likeness (QED) is 0.869. The van der Waals surface area contributed by atoms with Crippen LogP contribution >= 0.6 is 15.9 Å². The van der Waals surface area contributed by atoms with Gasteiger partial charge in [0, 0.05) is 23.2 Å². The molecule has 1 saturated heterocycles. The van der Waals surface area contributed by atoms with Crippen LogP contribution in [0.2, 0.25) is 0 Å². The molecule has 1 aromatic rings. The van der Waals surface area contributed by atoms with Gasteiger partial charge in [-0.3, -0.25) is 4.79 Å². The third kappa shape index (κ3) is 2.79. The van der Waals surface area contributed by atoms with Gasteiger partial charge in [-0.25, -0.2) is 0 Å². The van der Waals surface area contributed by atoms with Gasteiger partial charge in [0.1, 0.15) is 0 Å². The number of benzene rings is 1. The Morgan fingerprint density at radius 2 is 2.29 bits per heavy atom. The van der Waals surface area contributed by atoms with E-state index in [2.05, 4.69) is 21.2 Å². The second-order valence-corrected chi connectivity index (χ2v) is 5.01. The summed E-state index contributed by atoms with van der Waals surface area (Å²) in [6.45, 7) is 3.61. The van der Waals surface area contributed by atoms with Crippen molar-refractivity contribution in [2.75, 3.05) is 24.5 Å². The van der Waals surface area contributed by atoms with Crippen molar-refractivity contribution < 1.29 is 9.90 Å². The van der Waals surface area contributed by atoms with E-state index >= 15 is 0 Å². The van der Waals surface area contributed by atoms with Gasteiger partial charge >= 0.3 is 0 Å². The topological polar surface area (TPSA) is 52.6 Å². The van der Waals surface area contributed by atoms with E-state index in [1.807, 2.05) is 23.1 Å². The molecule has 1 aromatic carbocycles. The fourth-order valence-electron chi connectivity index (χ4n) is 1.91. The van der Waals surface area contributed by atoms with Crippen LogP contribution in [0.25, 0.3) is 0 Å². The van der Waals surface area contributed by atoms with E-state index in [0.717, 1.165) is 22.3 Å². The summed E-state index contributed by atoms with van der Waals surface area (Å²) in [5, 5.41) is 12.3. The molecule has 0 aliphatic carbocycles. The summed E-state index contributed by atoms with van der Waals surface area (Å²) in [4.78, 5) is 13.3. The third-order valence-electron chi connectivity index (χ3n) is 2.84. The van der Waals surface area contributed by atoms with Crippen molar-refractivity contribution >= 4 is 27.5 Å². The van der Waals surface area contributed by atoms with Gasteiger partial charge < -0.3 is 15.3 Å². The maximum Gasteiger partial charge on any atom is 0.239 e. The molecule has 17 heavy (non-hydrogen) atoms. The van der Waals surface area contributed by atoms with Crippen LogP contribution in [-0.4, -0.2) is 30.6 Å². The zero-order valence-corrected chi connectivity index (χ0v) is 11.2. The summed E-state index contributed by atoms with van der Waals surface area (Å²) in [5.74, 6) is 0.0481. The Morgan fingerprint density at radius 1 is 1.53 bits per heavy atom. The lowest BCUT2D eigenvalue weighted by molar-refractivity contribution is -0.120. The number of hydrogen-bond donors (Lipinski definition) is 2. The molecule has 2 rings (SSSR count). The van der Waals surface area contributed by atoms with Crippen LogP contribution < -0.4 is 10.2 Å². The number of piperazine rings is 1. The summed E-state index contributed by atoms with van der Waals surface area (Å²) >= 11 is 3.44. The van der Waals surface area contributed by atoms with Gasteiger partial charge in [0.15, 0.2) is 0 Å². The minimum atomic E-state index is -0.497. The zero-order valence-electron chi connectivity index (χ0n) is 9.61. The van der Waals surface area contributed by atoms with Crippen molar-refractivity contribution in [1.82, 2.24) is 5.32 Å². The molecule has 92 valence electrons. The molecule has 1 aliphatic rings. The van der Waals surface area contributed by atoms with Crippen LogP contribution in [-0.2, 0) is 4.79 Å². The van der Waals surface area contributed by atoms with Crippen molar-refractivity contribution in [1.29, 1.82) is 0 Å². The standard InChI is InChI=1S/C12H15BrN2O2/c1-8(16)10-3-2-9(6-11(10)13)15-5-4-14-12(17)7-15/h2-3,6,8,16H,4-5,7H2,1H3,(H,14,17)/t8-/m0/s1. The van der Waals surface area contributed by atoms with Gasteiger partial charge in [-0.05, 0) is 24.6 Å². The van der Waals surface area contributed by atoms with Gasteiger partial charge in [-0.15, -0.1) is 0 Å². The number of anilines is 1. The number of rotatable bonds is 2. The minimum absolute atomic E-state index is 0.0481. The first-order valence-electron chi connectivity index (χ1n) is 5.57. The molecule has 0 radical (unpaired) electrons. The highest BCUT2D eigenvalue weighted by Crippen LogP contribution is 2.28. The highest BCUT2D eigenvalue weighted by Gasteiger charge is 2.17. The second-order valence-electron chi connectivity index (χ2n) is 4.15. The SMILES string of the molecule is C[C@H](O)c1ccc(N2CCNC(=O)C2)cc1Br. The van der Waals surface area contributed by atoms with Crippen molar-refractivity contribution in [3.8, 4) is 0 Å². The molecule has 0 unspecified atom stereocenters. The predicted octanol–water partition coefficient (Wildman–Crippen LogP) is 1.44. The lowest BCUT2D eigenvalue weighted by atomic mass is 10.1. The van der Waals surface area contributed by atoms with Crippen LogP contribution in [0.1, 0.15) is 18.6 Å². The molecule has 1 aliphatic heterocycles. The van der Waals surface area contributed by atoms with Gasteiger partial charge in [-0.1, -0.05) is 22.0 Å². The Hall–Kier alpha value is -1.07. The molecule has 4 nitrogen and oxygen atoms in total. The molecule has 5 heteroatoms. The van der Waals surface area contributed by atoms with Gasteiger partial charge in [0.2, 0.25) is 5.91 Å². The zero-order chi connectivity index (χ0) is 12.4. The average molecular weight is 299 g/mol. The van der Waals surface area contributed by atoms with Crippen LogP contribution in [0.15, 0.2) is 22.7 Å². The molecule has 0 saturated carbocycles. The predicted molar refractivity (Wildman–Crippen MR) is 70.0 cm³/mol. The van der Waals surface area contributed by atoms with E-state index in [1.54, 1.807) is 6.92 Å². The molecule has 1 atom stereocenters. The maximum atomic E-state index is 11.3. The first-order valence-corrected chi connectivity index (χ1v) is 6.36. The highest BCUT2D eigenvalue weighted by atomic mass is 79.9. The monoisotopic (exact) mass is 298 g/mol. The third-order valence-corrected chi connectivity index (χ3v) is 3.52. The van der Waals surface area contributed by atoms with Gasteiger partial charge in [-0.2, -0.15) is 0 Å². The molecular formula is C12H15BrN2O2. The number of hydrogen-bond acceptors (Lipinski definition) is 3. The Balaban J connectivity index is 2.22. The fourth-order valence-corrected chi connectivity index (χ4v) is 2.61. The van der Waals surface area contributed by atoms with Crippen LogP contribution in [0.4, 0.5) is 5.69 Å². The fraction of sp³-hybridized carbons (Fsp3) is 0.417. The first-order chi connectivity index (χ1) is 8.08. The summed E-state index contributed by atoms with van der Waals surface area (Å²) in [6, 6.07) is 5.77. The number of carbonyl (C=O) groups excluding carboxylic acids is 1. The molecule has 2 N–H and O–H groups in total. The molecule has 1 fully saturated rings. The number of nitrogens with zero attached hydrogens (tertiary/aromatic N) is 1. The first kappa shape index (κ1) is 12.4. The van der Waals surface area contributed by atoms with E-state index in [0.29, 0.717) is 13.1 Å². The molecule has 0 aromatic heterocycles. The van der Waals surface area contributed by atoms with E-state index in [1.165, 1.54) is 0 Å². The maximum absolute atomic E-state index is 11.3. The second kappa shape index (κ2) is 5.06. The van der Waals surface area contributed by atoms with Crippen LogP contribution in [0.3, 0.4) is 0 Å². The van der Waals surface area contributed by atoms with Crippen molar-refractivity contribution in [3.05, 3.63) is 28.2 Å². The smallest absolute Gasteiger partial charge is 0.239 e. The number of carbonyl (C=O) groups is 1. The Morgan fingerprint density at radius 3 is 2.88 bits per heavy atom. The lowest BCUT2D eigenvalue weighted by Gasteiger charge is -2.29. The largest absolute Gasteiger partial charge is 0.389 e. The summed E-state index contributed by atoms with van der Waals surface area (Å²) in [7, 11) is 0. The lowest BCUT2D eigenvalue weighted by Crippen LogP contribution is -2.47. The summed E-state index contributed by atoms with van der Waals surface area (Å²) in [5.41, 5.74) is 1.85. The molecule has 0 bridgehead atoms. The minimum Gasteiger partial charge on any atom is -0.389 e. The molecular weight excluding hydrogens is 284 g/mol. The number of amides is 1. The summed E-state index contributed by atoms with van der Waals surface area (Å²) < 4.78 is 0.871. The van der Waals surface area contributed by atoms with E-state index < -0.39 is 6.10 Å². The number of halogens is 1. The van der Waals surface area contributed by atoms with E-state index in [-0.39, 0.29) is 5.91 Å². The highest BCUT2D eigenvalue weighted by molar-refractivity contribution is 9.10. The van der Waals surface area contributed by atoms with Crippen LogP contribution in [0.5, 0.6) is 0 Å². The molecule has 1 amide bonds. The summed E-state index contributed by atoms with van der Waals surface area (Å²) in [6.07, 6.45) is -0.497. The Bertz CT molecular complexity index is 435. The van der Waals surface area contributed by atoms with Crippen molar-refractivity contribution in [2.45, 2.75) is 13.0 Å². The van der Waals surface area contributed by atoms with Gasteiger partial charge in [0.25, 0.3) is 0 Å². The Kier molecular flexibility index (Phi) is 3.69. The number of aliphatic hydroxyl groups excluding tert-OH is 1. The average Bonchev–Trinajstić information content (AvgIpc) is 2.28. The Labute approximate surface area is 109 Å². The molecule has 1 heterocycles. The molecule has 0 spiro atoms.